The molecule has 0 aliphatic carbocycles. The lowest BCUT2D eigenvalue weighted by Crippen LogP contribution is -2.18. The van der Waals surface area contributed by atoms with Gasteiger partial charge in [-0.15, -0.1) is 0 Å². The number of hydrogen-bond donors (Lipinski definition) is 2. The van der Waals surface area contributed by atoms with E-state index >= 15 is 0 Å². The summed E-state index contributed by atoms with van der Waals surface area (Å²) < 4.78 is 22.7. The molecule has 0 fully saturated rings. The van der Waals surface area contributed by atoms with Crippen LogP contribution in [0.1, 0.15) is 32.3 Å². The summed E-state index contributed by atoms with van der Waals surface area (Å²) in [6.07, 6.45) is 2.13. The van der Waals surface area contributed by atoms with Crippen LogP contribution in [0.5, 0.6) is 0 Å². The molecule has 4 nitrogen and oxygen atoms in total. The van der Waals surface area contributed by atoms with Gasteiger partial charge in [-0.1, -0.05) is 19.4 Å². The highest BCUT2D eigenvalue weighted by molar-refractivity contribution is 7.89. The molecule has 1 rings (SSSR count). The molecule has 5 heteroatoms. The molecule has 0 bridgehead atoms. The first kappa shape index (κ1) is 14.0. The van der Waals surface area contributed by atoms with Crippen molar-refractivity contribution in [1.29, 1.82) is 0 Å². The van der Waals surface area contributed by atoms with Gasteiger partial charge >= 0.3 is 0 Å². The van der Waals surface area contributed by atoms with Crippen molar-refractivity contribution in [3.8, 4) is 0 Å². The van der Waals surface area contributed by atoms with Crippen LogP contribution in [-0.2, 0) is 10.0 Å². The van der Waals surface area contributed by atoms with Crippen molar-refractivity contribution in [3.63, 3.8) is 0 Å². The molecule has 1 atom stereocenters. The van der Waals surface area contributed by atoms with Crippen molar-refractivity contribution in [1.82, 2.24) is 0 Å². The first-order chi connectivity index (χ1) is 7.86. The molecule has 0 aliphatic rings. The largest absolute Gasteiger partial charge is 0.382 e. The van der Waals surface area contributed by atoms with E-state index in [1.54, 1.807) is 13.0 Å². The van der Waals surface area contributed by atoms with Gasteiger partial charge in [0.05, 0.1) is 4.90 Å². The number of sulfonamides is 1. The van der Waals surface area contributed by atoms with Gasteiger partial charge < -0.3 is 5.32 Å². The van der Waals surface area contributed by atoms with Crippen LogP contribution in [0.25, 0.3) is 0 Å². The molecular formula is C12H20N2O2S. The van der Waals surface area contributed by atoms with E-state index in [9.17, 15) is 8.42 Å². The van der Waals surface area contributed by atoms with Gasteiger partial charge in [-0.3, -0.25) is 0 Å². The number of rotatable bonds is 5. The summed E-state index contributed by atoms with van der Waals surface area (Å²) >= 11 is 0. The Kier molecular flexibility index (Phi) is 4.54. The Morgan fingerprint density at radius 3 is 2.59 bits per heavy atom. The molecule has 1 unspecified atom stereocenters. The lowest BCUT2D eigenvalue weighted by molar-refractivity contribution is 0.597. The molecule has 0 radical (unpaired) electrons. The van der Waals surface area contributed by atoms with Crippen molar-refractivity contribution in [2.24, 2.45) is 5.14 Å². The highest BCUT2D eigenvalue weighted by atomic mass is 32.2. The van der Waals surface area contributed by atoms with Crippen LogP contribution in [0, 0.1) is 6.92 Å². The number of nitrogens with one attached hydrogen (secondary N) is 1. The van der Waals surface area contributed by atoms with Crippen LogP contribution < -0.4 is 10.5 Å². The monoisotopic (exact) mass is 256 g/mol. The molecule has 0 amide bonds. The van der Waals surface area contributed by atoms with E-state index < -0.39 is 10.0 Å². The van der Waals surface area contributed by atoms with Gasteiger partial charge in [0.25, 0.3) is 0 Å². The van der Waals surface area contributed by atoms with Crippen LogP contribution in [0.2, 0.25) is 0 Å². The van der Waals surface area contributed by atoms with Gasteiger partial charge in [-0.05, 0) is 38.0 Å². The van der Waals surface area contributed by atoms with Gasteiger partial charge in [-0.25, -0.2) is 13.6 Å². The molecular weight excluding hydrogens is 236 g/mol. The van der Waals surface area contributed by atoms with Crippen molar-refractivity contribution in [3.05, 3.63) is 23.8 Å². The average Bonchev–Trinajstić information content (AvgIpc) is 2.19. The third kappa shape index (κ3) is 3.71. The fourth-order valence-corrected chi connectivity index (χ4v) is 2.65. The Morgan fingerprint density at radius 2 is 2.06 bits per heavy atom. The second-order valence-corrected chi connectivity index (χ2v) is 5.84. The van der Waals surface area contributed by atoms with Crippen molar-refractivity contribution in [2.45, 2.75) is 44.6 Å². The second kappa shape index (κ2) is 5.51. The van der Waals surface area contributed by atoms with Gasteiger partial charge in [0.15, 0.2) is 0 Å². The molecule has 1 aromatic carbocycles. The average molecular weight is 256 g/mol. The maximum absolute atomic E-state index is 11.4. The number of nitrogens with two attached hydrogens (primary N) is 1. The molecule has 96 valence electrons. The summed E-state index contributed by atoms with van der Waals surface area (Å²) in [6, 6.07) is 5.42. The van der Waals surface area contributed by atoms with Crippen molar-refractivity contribution >= 4 is 15.7 Å². The highest BCUT2D eigenvalue weighted by Gasteiger charge is 2.14. The molecule has 0 spiro atoms. The zero-order valence-corrected chi connectivity index (χ0v) is 11.3. The van der Waals surface area contributed by atoms with Crippen molar-refractivity contribution < 1.29 is 8.42 Å². The Balaban J connectivity index is 3.03. The zero-order valence-electron chi connectivity index (χ0n) is 10.5. The fraction of sp³-hybridized carbons (Fsp3) is 0.500. The third-order valence-corrected chi connectivity index (χ3v) is 3.77. The number of primary sulfonamides is 1. The van der Waals surface area contributed by atoms with E-state index in [0.717, 1.165) is 18.5 Å². The molecule has 17 heavy (non-hydrogen) atoms. The minimum absolute atomic E-state index is 0.186. The first-order valence-electron chi connectivity index (χ1n) is 5.75. The van der Waals surface area contributed by atoms with E-state index in [0.29, 0.717) is 11.6 Å². The molecule has 3 N–H and O–H groups in total. The topological polar surface area (TPSA) is 72.2 Å². The summed E-state index contributed by atoms with van der Waals surface area (Å²) in [5.74, 6) is 0. The van der Waals surface area contributed by atoms with E-state index in [1.807, 2.05) is 6.07 Å². The summed E-state index contributed by atoms with van der Waals surface area (Å²) in [7, 11) is -3.64. The summed E-state index contributed by atoms with van der Waals surface area (Å²) in [5, 5.41) is 8.46. The quantitative estimate of drug-likeness (QED) is 0.848. The molecule has 0 aliphatic heterocycles. The number of benzene rings is 1. The number of hydrogen-bond acceptors (Lipinski definition) is 3. The molecule has 0 heterocycles. The molecule has 0 saturated heterocycles. The van der Waals surface area contributed by atoms with Crippen molar-refractivity contribution in [2.75, 3.05) is 5.32 Å². The fourth-order valence-electron chi connectivity index (χ4n) is 1.85. The van der Waals surface area contributed by atoms with E-state index in [4.69, 9.17) is 5.14 Å². The van der Waals surface area contributed by atoms with Crippen LogP contribution in [0.4, 0.5) is 5.69 Å². The van der Waals surface area contributed by atoms with Crippen LogP contribution >= 0.6 is 0 Å². The lowest BCUT2D eigenvalue weighted by atomic mass is 10.1. The second-order valence-electron chi connectivity index (χ2n) is 4.31. The maximum Gasteiger partial charge on any atom is 0.238 e. The van der Waals surface area contributed by atoms with Crippen LogP contribution in [0.15, 0.2) is 23.1 Å². The third-order valence-electron chi connectivity index (χ3n) is 2.71. The highest BCUT2D eigenvalue weighted by Crippen LogP contribution is 2.23. The van der Waals surface area contributed by atoms with Gasteiger partial charge in [-0.2, -0.15) is 0 Å². The van der Waals surface area contributed by atoms with Crippen LogP contribution in [0.3, 0.4) is 0 Å². The van der Waals surface area contributed by atoms with E-state index in [2.05, 4.69) is 19.2 Å². The van der Waals surface area contributed by atoms with Gasteiger partial charge in [0.2, 0.25) is 10.0 Å². The predicted octanol–water partition coefficient (Wildman–Crippen LogP) is 2.24. The Hall–Kier alpha value is -1.07. The Morgan fingerprint density at radius 1 is 1.41 bits per heavy atom. The molecule has 1 aromatic rings. The minimum atomic E-state index is -3.64. The summed E-state index contributed by atoms with van der Waals surface area (Å²) in [5.41, 5.74) is 1.51. The summed E-state index contributed by atoms with van der Waals surface area (Å²) in [6.45, 7) is 5.96. The van der Waals surface area contributed by atoms with Gasteiger partial charge in [0.1, 0.15) is 0 Å². The normalized spacial score (nSPS) is 13.4. The molecule has 0 aromatic heterocycles. The summed E-state index contributed by atoms with van der Waals surface area (Å²) in [4.78, 5) is 0.186. The van der Waals surface area contributed by atoms with E-state index in [-0.39, 0.29) is 4.90 Å². The standard InChI is InChI=1S/C12H20N2O2S/c1-4-6-9(2)14-11-7-5-8-12(10(11)3)17(13,15)16/h5,7-9,14H,4,6H2,1-3H3,(H2,13,15,16). The van der Waals surface area contributed by atoms with Crippen LogP contribution in [-0.4, -0.2) is 14.5 Å². The minimum Gasteiger partial charge on any atom is -0.382 e. The SMILES string of the molecule is CCCC(C)Nc1cccc(S(N)(=O)=O)c1C. The maximum atomic E-state index is 11.4. The zero-order chi connectivity index (χ0) is 13.1. The molecule has 0 saturated carbocycles. The van der Waals surface area contributed by atoms with E-state index in [1.165, 1.54) is 6.07 Å². The predicted molar refractivity (Wildman–Crippen MR) is 70.5 cm³/mol. The first-order valence-corrected chi connectivity index (χ1v) is 7.29. The Labute approximate surface area is 103 Å². The lowest BCUT2D eigenvalue weighted by Gasteiger charge is -2.17. The van der Waals surface area contributed by atoms with Gasteiger partial charge in [0, 0.05) is 11.7 Å². The Bertz CT molecular complexity index is 483. The smallest absolute Gasteiger partial charge is 0.238 e. The number of anilines is 1.